The molecular weight excluding hydrogens is 242 g/mol. The third-order valence-corrected chi connectivity index (χ3v) is 3.80. The van der Waals surface area contributed by atoms with Crippen LogP contribution in [0.1, 0.15) is 26.2 Å². The van der Waals surface area contributed by atoms with Gasteiger partial charge in [0.2, 0.25) is 11.5 Å². The molecule has 1 atom stereocenters. The highest BCUT2D eigenvalue weighted by Crippen LogP contribution is 2.32. The number of nitrogens with one attached hydrogen (secondary N) is 2. The largest absolute Gasteiger partial charge is 0.324 e. The number of rotatable bonds is 4. The highest BCUT2D eigenvalue weighted by atomic mass is 16.2. The van der Waals surface area contributed by atoms with Crippen molar-refractivity contribution < 1.29 is 4.79 Å². The number of aromatic nitrogens is 1. The van der Waals surface area contributed by atoms with E-state index in [4.69, 9.17) is 0 Å². The van der Waals surface area contributed by atoms with E-state index in [0.717, 1.165) is 32.4 Å². The number of amides is 1. The van der Waals surface area contributed by atoms with Gasteiger partial charge in [0.15, 0.2) is 0 Å². The van der Waals surface area contributed by atoms with Crippen LogP contribution in [0.25, 0.3) is 0 Å². The summed E-state index contributed by atoms with van der Waals surface area (Å²) in [6, 6.07) is 3.12. The molecule has 0 aromatic carbocycles. The van der Waals surface area contributed by atoms with Crippen LogP contribution >= 0.6 is 0 Å². The molecule has 2 N–H and O–H groups in total. The molecule has 19 heavy (non-hydrogen) atoms. The Morgan fingerprint density at radius 3 is 2.89 bits per heavy atom. The smallest absolute Gasteiger partial charge is 0.250 e. The maximum Gasteiger partial charge on any atom is 0.250 e. The molecule has 0 saturated carbocycles. The summed E-state index contributed by atoms with van der Waals surface area (Å²) in [6.07, 6.45) is 4.40. The number of anilines is 1. The lowest BCUT2D eigenvalue weighted by molar-refractivity contribution is -0.125. The van der Waals surface area contributed by atoms with Gasteiger partial charge in [0, 0.05) is 25.9 Å². The molecule has 1 unspecified atom stereocenters. The lowest BCUT2D eigenvalue weighted by Crippen LogP contribution is -2.38. The van der Waals surface area contributed by atoms with Gasteiger partial charge in [-0.15, -0.1) is 0 Å². The van der Waals surface area contributed by atoms with Gasteiger partial charge < -0.3 is 15.2 Å². The van der Waals surface area contributed by atoms with Crippen molar-refractivity contribution >= 4 is 11.6 Å². The predicted octanol–water partition coefficient (Wildman–Crippen LogP) is 1.10. The van der Waals surface area contributed by atoms with Crippen molar-refractivity contribution in [3.8, 4) is 0 Å². The van der Waals surface area contributed by atoms with Gasteiger partial charge >= 0.3 is 0 Å². The summed E-state index contributed by atoms with van der Waals surface area (Å²) < 4.78 is 1.47. The summed E-state index contributed by atoms with van der Waals surface area (Å²) in [5.41, 5.74) is 0.294. The lowest BCUT2D eigenvalue weighted by Gasteiger charge is -2.26. The van der Waals surface area contributed by atoms with E-state index >= 15 is 0 Å². The average Bonchev–Trinajstić information content (AvgIpc) is 2.84. The molecule has 0 aliphatic carbocycles. The van der Waals surface area contributed by atoms with Crippen molar-refractivity contribution in [3.05, 3.63) is 28.7 Å². The zero-order valence-corrected chi connectivity index (χ0v) is 11.5. The lowest BCUT2D eigenvalue weighted by atomic mass is 9.81. The first-order valence-corrected chi connectivity index (χ1v) is 6.76. The Balaban J connectivity index is 2.14. The Hall–Kier alpha value is -1.62. The Bertz CT molecular complexity index is 516. The highest BCUT2D eigenvalue weighted by Gasteiger charge is 2.40. The molecule has 104 valence electrons. The fraction of sp³-hybridized carbons (Fsp3) is 0.571. The molecule has 0 bridgehead atoms. The van der Waals surface area contributed by atoms with E-state index in [9.17, 15) is 9.59 Å². The molecule has 5 heteroatoms. The number of carbonyl (C=O) groups is 1. The molecule has 1 aliphatic rings. The minimum atomic E-state index is -0.302. The van der Waals surface area contributed by atoms with Crippen LogP contribution in [-0.4, -0.2) is 23.6 Å². The maximum absolute atomic E-state index is 12.5. The monoisotopic (exact) mass is 263 g/mol. The van der Waals surface area contributed by atoms with Crippen LogP contribution in [0.5, 0.6) is 0 Å². The van der Waals surface area contributed by atoms with E-state index in [1.807, 2.05) is 0 Å². The van der Waals surface area contributed by atoms with Crippen molar-refractivity contribution in [2.45, 2.75) is 26.2 Å². The van der Waals surface area contributed by atoms with Gasteiger partial charge in [0.25, 0.3) is 0 Å². The van der Waals surface area contributed by atoms with Crippen LogP contribution in [0.3, 0.4) is 0 Å². The summed E-state index contributed by atoms with van der Waals surface area (Å²) in [7, 11) is 1.68. The molecule has 1 fully saturated rings. The van der Waals surface area contributed by atoms with Gasteiger partial charge in [-0.1, -0.05) is 13.3 Å². The second-order valence-corrected chi connectivity index (χ2v) is 5.28. The van der Waals surface area contributed by atoms with Crippen LogP contribution in [0.4, 0.5) is 5.69 Å². The van der Waals surface area contributed by atoms with Crippen LogP contribution in [0, 0.1) is 5.41 Å². The Kier molecular flexibility index (Phi) is 4.04. The first kappa shape index (κ1) is 13.8. The predicted molar refractivity (Wildman–Crippen MR) is 75.1 cm³/mol. The number of nitrogens with zero attached hydrogens (tertiary/aromatic N) is 1. The van der Waals surface area contributed by atoms with Crippen molar-refractivity contribution in [2.75, 3.05) is 18.4 Å². The summed E-state index contributed by atoms with van der Waals surface area (Å²) in [6.45, 7) is 3.72. The molecule has 0 radical (unpaired) electrons. The number of hydrogen-bond donors (Lipinski definition) is 2. The standard InChI is InChI=1S/C14H21N3O2/c1-3-6-14(7-8-15-10-14)13(19)16-11-4-5-12(18)17(2)9-11/h4-5,9,15H,3,6-8,10H2,1-2H3,(H,16,19). The summed E-state index contributed by atoms with van der Waals surface area (Å²) in [4.78, 5) is 23.8. The topological polar surface area (TPSA) is 63.1 Å². The first-order valence-electron chi connectivity index (χ1n) is 6.76. The van der Waals surface area contributed by atoms with E-state index in [0.29, 0.717) is 5.69 Å². The minimum Gasteiger partial charge on any atom is -0.324 e. The first-order chi connectivity index (χ1) is 9.07. The molecule has 5 nitrogen and oxygen atoms in total. The molecule has 1 aromatic heterocycles. The zero-order chi connectivity index (χ0) is 13.9. The van der Waals surface area contributed by atoms with E-state index in [2.05, 4.69) is 17.6 Å². The molecule has 1 saturated heterocycles. The minimum absolute atomic E-state index is 0.0537. The normalized spacial score (nSPS) is 22.4. The van der Waals surface area contributed by atoms with Gasteiger partial charge in [-0.3, -0.25) is 9.59 Å². The molecule has 2 rings (SSSR count). The average molecular weight is 263 g/mol. The van der Waals surface area contributed by atoms with Crippen molar-refractivity contribution in [3.63, 3.8) is 0 Å². The number of hydrogen-bond acceptors (Lipinski definition) is 3. The highest BCUT2D eigenvalue weighted by molar-refractivity contribution is 5.95. The summed E-state index contributed by atoms with van der Waals surface area (Å²) in [5, 5.41) is 6.21. The van der Waals surface area contributed by atoms with Crippen molar-refractivity contribution in [2.24, 2.45) is 12.5 Å². The second kappa shape index (κ2) is 5.57. The number of aryl methyl sites for hydroxylation is 1. The Morgan fingerprint density at radius 1 is 1.53 bits per heavy atom. The van der Waals surface area contributed by atoms with Crippen molar-refractivity contribution in [1.29, 1.82) is 0 Å². The fourth-order valence-electron chi connectivity index (χ4n) is 2.67. The molecule has 1 aromatic rings. The van der Waals surface area contributed by atoms with Gasteiger partial charge in [0.05, 0.1) is 11.1 Å². The Labute approximate surface area is 113 Å². The van der Waals surface area contributed by atoms with Crippen LogP contribution in [0.15, 0.2) is 23.1 Å². The van der Waals surface area contributed by atoms with Gasteiger partial charge in [-0.2, -0.15) is 0 Å². The van der Waals surface area contributed by atoms with Gasteiger partial charge in [-0.05, 0) is 25.5 Å². The summed E-state index contributed by atoms with van der Waals surface area (Å²) in [5.74, 6) is 0.0537. The second-order valence-electron chi connectivity index (χ2n) is 5.28. The van der Waals surface area contributed by atoms with E-state index in [1.165, 1.54) is 10.6 Å². The number of pyridine rings is 1. The van der Waals surface area contributed by atoms with Gasteiger partial charge in [0.1, 0.15) is 0 Å². The Morgan fingerprint density at radius 2 is 2.32 bits per heavy atom. The van der Waals surface area contributed by atoms with E-state index in [-0.39, 0.29) is 16.9 Å². The molecule has 2 heterocycles. The van der Waals surface area contributed by atoms with Crippen molar-refractivity contribution in [1.82, 2.24) is 9.88 Å². The molecule has 0 spiro atoms. The molecular formula is C14H21N3O2. The van der Waals surface area contributed by atoms with E-state index in [1.54, 1.807) is 19.3 Å². The van der Waals surface area contributed by atoms with E-state index < -0.39 is 0 Å². The van der Waals surface area contributed by atoms with Crippen LogP contribution in [0.2, 0.25) is 0 Å². The van der Waals surface area contributed by atoms with Crippen LogP contribution in [-0.2, 0) is 11.8 Å². The zero-order valence-electron chi connectivity index (χ0n) is 11.5. The maximum atomic E-state index is 12.5. The fourth-order valence-corrected chi connectivity index (χ4v) is 2.67. The van der Waals surface area contributed by atoms with Crippen LogP contribution < -0.4 is 16.2 Å². The summed E-state index contributed by atoms with van der Waals surface area (Å²) >= 11 is 0. The molecule has 1 amide bonds. The van der Waals surface area contributed by atoms with Gasteiger partial charge in [-0.25, -0.2) is 0 Å². The third-order valence-electron chi connectivity index (χ3n) is 3.80. The quantitative estimate of drug-likeness (QED) is 0.855. The number of carbonyl (C=O) groups excluding carboxylic acids is 1. The SMILES string of the molecule is CCCC1(C(=O)Nc2ccc(=O)n(C)c2)CCNC1. The third kappa shape index (κ3) is 2.87. The molecule has 1 aliphatic heterocycles.